The highest BCUT2D eigenvalue weighted by atomic mass is 16.5. The zero-order chi connectivity index (χ0) is 23.3. The molecule has 174 valence electrons. The maximum Gasteiger partial charge on any atom is 0.137 e. The molecule has 2 aliphatic rings. The number of likely N-dealkylation sites (N-methyl/N-ethyl adjacent to an activating group) is 1. The third-order valence-corrected chi connectivity index (χ3v) is 6.58. The van der Waals surface area contributed by atoms with Gasteiger partial charge in [0.05, 0.1) is 11.3 Å². The van der Waals surface area contributed by atoms with E-state index in [1.165, 1.54) is 11.3 Å². The average molecular weight is 455 g/mol. The number of benzene rings is 2. The first kappa shape index (κ1) is 22.3. The van der Waals surface area contributed by atoms with Gasteiger partial charge < -0.3 is 19.9 Å². The zero-order valence-electron chi connectivity index (χ0n) is 19.6. The van der Waals surface area contributed by atoms with Gasteiger partial charge in [0.1, 0.15) is 23.7 Å². The number of nitriles is 1. The highest BCUT2D eigenvalue weighted by molar-refractivity contribution is 5.64. The molecule has 0 radical (unpaired) electrons. The van der Waals surface area contributed by atoms with Gasteiger partial charge in [-0.05, 0) is 62.0 Å². The van der Waals surface area contributed by atoms with Gasteiger partial charge in [-0.25, -0.2) is 9.97 Å². The number of hydrogen-bond donors (Lipinski definition) is 1. The minimum atomic E-state index is 0.117. The van der Waals surface area contributed by atoms with E-state index in [9.17, 15) is 5.26 Å². The fourth-order valence-corrected chi connectivity index (χ4v) is 4.50. The van der Waals surface area contributed by atoms with Crippen LogP contribution in [0.2, 0.25) is 0 Å². The summed E-state index contributed by atoms with van der Waals surface area (Å²) >= 11 is 0. The van der Waals surface area contributed by atoms with Crippen molar-refractivity contribution in [2.45, 2.75) is 18.9 Å². The molecule has 7 nitrogen and oxygen atoms in total. The summed E-state index contributed by atoms with van der Waals surface area (Å²) in [5, 5.41) is 12.9. The van der Waals surface area contributed by atoms with Crippen LogP contribution in [-0.2, 0) is 6.42 Å². The molecule has 1 atom stereocenters. The number of nitrogens with zero attached hydrogens (tertiary/aromatic N) is 5. The molecule has 2 aromatic carbocycles. The van der Waals surface area contributed by atoms with Crippen molar-refractivity contribution >= 4 is 5.69 Å². The molecule has 0 saturated carbocycles. The number of anilines is 1. The van der Waals surface area contributed by atoms with Crippen molar-refractivity contribution in [1.29, 1.82) is 5.26 Å². The summed E-state index contributed by atoms with van der Waals surface area (Å²) in [4.78, 5) is 14.1. The molecule has 3 aromatic rings. The molecule has 7 heteroatoms. The Morgan fingerprint density at radius 2 is 1.91 bits per heavy atom. The lowest BCUT2D eigenvalue weighted by molar-refractivity contribution is 0.222. The molecular formula is C27H30N6O. The quantitative estimate of drug-likeness (QED) is 0.613. The first-order valence-corrected chi connectivity index (χ1v) is 11.9. The van der Waals surface area contributed by atoms with Crippen molar-refractivity contribution in [3.8, 4) is 23.1 Å². The van der Waals surface area contributed by atoms with Crippen molar-refractivity contribution in [3.63, 3.8) is 0 Å². The van der Waals surface area contributed by atoms with Gasteiger partial charge in [-0.15, -0.1) is 0 Å². The van der Waals surface area contributed by atoms with Gasteiger partial charge in [0.15, 0.2) is 0 Å². The summed E-state index contributed by atoms with van der Waals surface area (Å²) in [5.74, 6) is 1.40. The highest BCUT2D eigenvalue weighted by Crippen LogP contribution is 2.27. The van der Waals surface area contributed by atoms with Gasteiger partial charge in [0.2, 0.25) is 0 Å². The van der Waals surface area contributed by atoms with Crippen LogP contribution in [0.1, 0.15) is 23.4 Å². The number of ether oxygens (including phenoxy) is 1. The van der Waals surface area contributed by atoms with E-state index >= 15 is 0 Å². The van der Waals surface area contributed by atoms with Gasteiger partial charge in [0, 0.05) is 56.6 Å². The molecular weight excluding hydrogens is 424 g/mol. The Balaban J connectivity index is 1.28. The molecule has 0 bridgehead atoms. The number of piperazine rings is 1. The van der Waals surface area contributed by atoms with Crippen molar-refractivity contribution < 1.29 is 4.74 Å². The van der Waals surface area contributed by atoms with E-state index < -0.39 is 0 Å². The van der Waals surface area contributed by atoms with E-state index in [1.807, 2.05) is 24.3 Å². The van der Waals surface area contributed by atoms with E-state index in [0.717, 1.165) is 62.8 Å². The normalized spacial score (nSPS) is 18.6. The fraction of sp³-hybridized carbons (Fsp3) is 0.370. The van der Waals surface area contributed by atoms with Crippen LogP contribution in [0.15, 0.2) is 54.7 Å². The predicted molar refractivity (Wildman–Crippen MR) is 133 cm³/mol. The smallest absolute Gasteiger partial charge is 0.137 e. The van der Waals surface area contributed by atoms with Crippen molar-refractivity contribution in [3.05, 3.63) is 71.7 Å². The molecule has 0 amide bonds. The van der Waals surface area contributed by atoms with Crippen molar-refractivity contribution in [2.24, 2.45) is 0 Å². The number of nitrogens with one attached hydrogen (secondary N) is 1. The topological polar surface area (TPSA) is 77.3 Å². The van der Waals surface area contributed by atoms with Crippen molar-refractivity contribution in [2.75, 3.05) is 51.2 Å². The van der Waals surface area contributed by atoms with E-state index in [4.69, 9.17) is 9.72 Å². The van der Waals surface area contributed by atoms with Crippen LogP contribution < -0.4 is 15.0 Å². The molecule has 0 aliphatic carbocycles. The summed E-state index contributed by atoms with van der Waals surface area (Å²) in [7, 11) is 2.17. The minimum Gasteiger partial charge on any atom is -0.488 e. The maximum atomic E-state index is 9.66. The van der Waals surface area contributed by atoms with Gasteiger partial charge in [-0.1, -0.05) is 12.1 Å². The summed E-state index contributed by atoms with van der Waals surface area (Å²) in [6.45, 7) is 6.09. The van der Waals surface area contributed by atoms with Crippen LogP contribution in [-0.4, -0.2) is 67.3 Å². The van der Waals surface area contributed by atoms with Crippen LogP contribution in [0.25, 0.3) is 11.3 Å². The summed E-state index contributed by atoms with van der Waals surface area (Å²) in [6.07, 6.45) is 3.53. The second kappa shape index (κ2) is 10.2. The van der Waals surface area contributed by atoms with Gasteiger partial charge in [-0.3, -0.25) is 0 Å². The summed E-state index contributed by atoms with van der Waals surface area (Å²) in [6, 6.07) is 18.6. The molecule has 0 spiro atoms. The molecule has 2 aliphatic heterocycles. The summed E-state index contributed by atoms with van der Waals surface area (Å²) in [5.41, 5.74) is 4.68. The predicted octanol–water partition coefficient (Wildman–Crippen LogP) is 3.10. The van der Waals surface area contributed by atoms with Crippen LogP contribution in [0, 0.1) is 11.3 Å². The number of rotatable bonds is 6. The first-order valence-electron chi connectivity index (χ1n) is 11.9. The molecule has 3 heterocycles. The second-order valence-electron chi connectivity index (χ2n) is 9.05. The first-order chi connectivity index (χ1) is 16.7. The van der Waals surface area contributed by atoms with Gasteiger partial charge in [0.25, 0.3) is 0 Å². The average Bonchev–Trinajstić information content (AvgIpc) is 3.39. The zero-order valence-corrected chi connectivity index (χ0v) is 19.6. The second-order valence-corrected chi connectivity index (χ2v) is 9.05. The minimum absolute atomic E-state index is 0.117. The Hall–Kier alpha value is -3.47. The Labute approximate surface area is 201 Å². The largest absolute Gasteiger partial charge is 0.488 e. The van der Waals surface area contributed by atoms with E-state index in [1.54, 1.807) is 6.20 Å². The SMILES string of the molecule is CN1CCN(c2ccc(Cc3nccc(-c4ccc(OC5CCNC5)c(C#N)c4)n3)cc2)CC1. The van der Waals surface area contributed by atoms with Crippen LogP contribution in [0.4, 0.5) is 5.69 Å². The lowest BCUT2D eigenvalue weighted by Gasteiger charge is -2.34. The van der Waals surface area contributed by atoms with Crippen LogP contribution in [0.5, 0.6) is 5.75 Å². The third-order valence-electron chi connectivity index (χ3n) is 6.58. The molecule has 1 unspecified atom stereocenters. The maximum absolute atomic E-state index is 9.66. The Bertz CT molecular complexity index is 1160. The Morgan fingerprint density at radius 1 is 1.09 bits per heavy atom. The number of aromatic nitrogens is 2. The fourth-order valence-electron chi connectivity index (χ4n) is 4.50. The monoisotopic (exact) mass is 454 g/mol. The lowest BCUT2D eigenvalue weighted by Crippen LogP contribution is -2.44. The van der Waals surface area contributed by atoms with Crippen LogP contribution >= 0.6 is 0 Å². The number of hydrogen-bond acceptors (Lipinski definition) is 7. The molecule has 1 N–H and O–H groups in total. The highest BCUT2D eigenvalue weighted by Gasteiger charge is 2.18. The van der Waals surface area contributed by atoms with Crippen molar-refractivity contribution in [1.82, 2.24) is 20.2 Å². The third kappa shape index (κ3) is 5.19. The standard InChI is InChI=1S/C27H30N6O/c1-32-12-14-33(15-13-32)23-5-2-20(3-6-23)16-27-30-11-9-25(31-27)21-4-7-26(22(17-21)18-28)34-24-8-10-29-19-24/h2-7,9,11,17,24,29H,8,10,12-16,19H2,1H3. The molecule has 34 heavy (non-hydrogen) atoms. The Morgan fingerprint density at radius 3 is 2.65 bits per heavy atom. The van der Waals surface area contributed by atoms with E-state index in [-0.39, 0.29) is 6.10 Å². The molecule has 2 fully saturated rings. The molecule has 5 rings (SSSR count). The van der Waals surface area contributed by atoms with E-state index in [2.05, 4.69) is 57.5 Å². The van der Waals surface area contributed by atoms with Gasteiger partial charge >= 0.3 is 0 Å². The van der Waals surface area contributed by atoms with E-state index in [0.29, 0.717) is 17.7 Å². The molecule has 2 saturated heterocycles. The molecule has 1 aromatic heterocycles. The van der Waals surface area contributed by atoms with Gasteiger partial charge in [-0.2, -0.15) is 5.26 Å². The van der Waals surface area contributed by atoms with Crippen LogP contribution in [0.3, 0.4) is 0 Å². The summed E-state index contributed by atoms with van der Waals surface area (Å²) < 4.78 is 6.03. The Kier molecular flexibility index (Phi) is 6.70. The lowest BCUT2D eigenvalue weighted by atomic mass is 10.1.